The molecule has 2 aromatic heterocycles. The van der Waals surface area contributed by atoms with Crippen LogP contribution >= 0.6 is 0 Å². The fraction of sp³-hybridized carbons (Fsp3) is 0.200. The van der Waals surface area contributed by atoms with Crippen LogP contribution in [0.4, 0.5) is 22.0 Å². The van der Waals surface area contributed by atoms with Crippen LogP contribution in [0, 0.1) is 0 Å². The molecule has 2 amide bonds. The Morgan fingerprint density at radius 3 is 2.61 bits per heavy atom. The summed E-state index contributed by atoms with van der Waals surface area (Å²) in [6.07, 6.45) is 3.96. The van der Waals surface area contributed by atoms with Gasteiger partial charge in [-0.3, -0.25) is 4.79 Å². The molecule has 0 saturated heterocycles. The van der Waals surface area contributed by atoms with Crippen LogP contribution in [0.25, 0.3) is 11.0 Å². The van der Waals surface area contributed by atoms with Crippen molar-refractivity contribution in [1.82, 2.24) is 14.5 Å². The second kappa shape index (κ2) is 9.12. The number of nitrogens with zero attached hydrogens (tertiary/aromatic N) is 3. The van der Waals surface area contributed by atoms with Crippen LogP contribution in [0.5, 0.6) is 0 Å². The largest absolute Gasteiger partial charge is 0.383 e. The number of hydrogen-bond acceptors (Lipinski definition) is 5. The molecule has 8 nitrogen and oxygen atoms in total. The number of hydrogen-bond donors (Lipinski definition) is 3. The van der Waals surface area contributed by atoms with Crippen molar-refractivity contribution in [2.75, 3.05) is 16.4 Å². The molecule has 0 aliphatic carbocycles. The summed E-state index contributed by atoms with van der Waals surface area (Å²) in [4.78, 5) is 34.4. The smallest absolute Gasteiger partial charge is 0.323 e. The van der Waals surface area contributed by atoms with Gasteiger partial charge < -0.3 is 20.9 Å². The molecule has 0 atom stereocenters. The quantitative estimate of drug-likeness (QED) is 0.362. The number of benzene rings is 2. The molecule has 2 heterocycles. The molecule has 0 saturated carbocycles. The van der Waals surface area contributed by atoms with E-state index in [1.807, 2.05) is 49.6 Å². The topological polar surface area (TPSA) is 115 Å². The summed E-state index contributed by atoms with van der Waals surface area (Å²) < 4.78 is 1.90. The van der Waals surface area contributed by atoms with Gasteiger partial charge in [0, 0.05) is 29.2 Å². The Balaban J connectivity index is 1.61. The first-order valence-electron chi connectivity index (χ1n) is 10.8. The zero-order chi connectivity index (χ0) is 23.5. The second-order valence-corrected chi connectivity index (χ2v) is 8.00. The number of rotatable bonds is 6. The fourth-order valence-corrected chi connectivity index (χ4v) is 3.80. The number of carbonyl (C=O) groups is 2. The van der Waals surface area contributed by atoms with Gasteiger partial charge in [-0.15, -0.1) is 0 Å². The lowest BCUT2D eigenvalue weighted by Crippen LogP contribution is -2.20. The number of ketones is 1. The van der Waals surface area contributed by atoms with E-state index in [0.717, 1.165) is 17.7 Å². The number of nitrogen functional groups attached to an aromatic ring is 1. The first kappa shape index (κ1) is 22.0. The average Bonchev–Trinajstić information content (AvgIpc) is 3.20. The normalized spacial score (nSPS) is 11.0. The van der Waals surface area contributed by atoms with Crippen molar-refractivity contribution in [3.8, 4) is 0 Å². The van der Waals surface area contributed by atoms with Gasteiger partial charge in [0.15, 0.2) is 5.78 Å². The van der Waals surface area contributed by atoms with Gasteiger partial charge in [0.25, 0.3) is 0 Å². The first-order valence-corrected chi connectivity index (χ1v) is 10.8. The Bertz CT molecular complexity index is 1340. The summed E-state index contributed by atoms with van der Waals surface area (Å²) in [6.45, 7) is 6.04. The zero-order valence-corrected chi connectivity index (χ0v) is 18.8. The van der Waals surface area contributed by atoms with E-state index < -0.39 is 0 Å². The van der Waals surface area contributed by atoms with Crippen molar-refractivity contribution in [2.45, 2.75) is 33.2 Å². The van der Waals surface area contributed by atoms with E-state index in [1.54, 1.807) is 30.5 Å². The van der Waals surface area contributed by atoms with E-state index in [-0.39, 0.29) is 23.7 Å². The number of para-hydroxylation sites is 1. The Morgan fingerprint density at radius 1 is 1.06 bits per heavy atom. The molecule has 0 unspecified atom stereocenters. The molecule has 0 spiro atoms. The van der Waals surface area contributed by atoms with E-state index in [4.69, 9.17) is 5.73 Å². The lowest BCUT2D eigenvalue weighted by molar-refractivity contribution is 0.104. The van der Waals surface area contributed by atoms with Crippen LogP contribution in [-0.4, -0.2) is 26.3 Å². The molecule has 0 fully saturated rings. The van der Waals surface area contributed by atoms with Gasteiger partial charge in [-0.05, 0) is 44.0 Å². The Kier molecular flexibility index (Phi) is 6.08. The molecule has 4 N–H and O–H groups in total. The van der Waals surface area contributed by atoms with Gasteiger partial charge in [0.05, 0.1) is 10.9 Å². The predicted octanol–water partition coefficient (Wildman–Crippen LogP) is 5.03. The van der Waals surface area contributed by atoms with Crippen LogP contribution < -0.4 is 16.4 Å². The molecule has 8 heteroatoms. The van der Waals surface area contributed by atoms with Crippen LogP contribution in [0.2, 0.25) is 0 Å². The van der Waals surface area contributed by atoms with E-state index in [9.17, 15) is 9.59 Å². The van der Waals surface area contributed by atoms with Crippen LogP contribution in [0.3, 0.4) is 0 Å². The summed E-state index contributed by atoms with van der Waals surface area (Å²) in [5.41, 5.74) is 9.86. The number of fused-ring (bicyclic) bond motifs is 1. The number of aromatic nitrogens is 3. The van der Waals surface area contributed by atoms with Crippen LogP contribution in [0.1, 0.15) is 48.3 Å². The standard InChI is InChI=1S/C25H26N6O2/c1-4-16-8-5-6-11-20(16)30-25(33)29-18-10-7-9-17(12-18)22(32)19-13-31(15(2)3)24-21(19)23(26)27-14-28-24/h5-15H,4H2,1-3H3,(H2,26,27,28)(H2,29,30,33). The van der Waals surface area contributed by atoms with Gasteiger partial charge in [0.1, 0.15) is 17.8 Å². The molecule has 0 aliphatic rings. The number of nitrogens with one attached hydrogen (secondary N) is 2. The molecule has 0 bridgehead atoms. The maximum Gasteiger partial charge on any atom is 0.323 e. The Morgan fingerprint density at radius 2 is 1.85 bits per heavy atom. The highest BCUT2D eigenvalue weighted by Crippen LogP contribution is 2.29. The zero-order valence-electron chi connectivity index (χ0n) is 18.8. The first-order chi connectivity index (χ1) is 15.9. The monoisotopic (exact) mass is 442 g/mol. The molecular formula is C25H26N6O2. The van der Waals surface area contributed by atoms with Crippen molar-refractivity contribution in [2.24, 2.45) is 0 Å². The lowest BCUT2D eigenvalue weighted by Gasteiger charge is -2.11. The number of carbonyl (C=O) groups excluding carboxylic acids is 2. The highest BCUT2D eigenvalue weighted by atomic mass is 16.2. The van der Waals surface area contributed by atoms with Gasteiger partial charge in [-0.25, -0.2) is 14.8 Å². The minimum atomic E-state index is -0.380. The average molecular weight is 443 g/mol. The van der Waals surface area contributed by atoms with Crippen molar-refractivity contribution >= 4 is 40.0 Å². The number of amides is 2. The van der Waals surface area contributed by atoms with E-state index in [2.05, 4.69) is 20.6 Å². The molecule has 0 radical (unpaired) electrons. The molecule has 0 aliphatic heterocycles. The van der Waals surface area contributed by atoms with Gasteiger partial charge in [0.2, 0.25) is 0 Å². The summed E-state index contributed by atoms with van der Waals surface area (Å²) in [7, 11) is 0. The predicted molar refractivity (Wildman–Crippen MR) is 131 cm³/mol. The third-order valence-electron chi connectivity index (χ3n) is 5.47. The molecule has 33 heavy (non-hydrogen) atoms. The number of anilines is 3. The third-order valence-corrected chi connectivity index (χ3v) is 5.47. The van der Waals surface area contributed by atoms with E-state index >= 15 is 0 Å². The minimum absolute atomic E-state index is 0.0889. The molecule has 168 valence electrons. The second-order valence-electron chi connectivity index (χ2n) is 8.00. The summed E-state index contributed by atoms with van der Waals surface area (Å²) >= 11 is 0. The van der Waals surface area contributed by atoms with Crippen LogP contribution in [0.15, 0.2) is 61.1 Å². The lowest BCUT2D eigenvalue weighted by atomic mass is 10.0. The summed E-state index contributed by atoms with van der Waals surface area (Å²) in [6, 6.07) is 14.2. The van der Waals surface area contributed by atoms with Gasteiger partial charge >= 0.3 is 6.03 Å². The molecule has 4 rings (SSSR count). The highest BCUT2D eigenvalue weighted by Gasteiger charge is 2.21. The Hall–Kier alpha value is -4.20. The highest BCUT2D eigenvalue weighted by molar-refractivity contribution is 6.18. The van der Waals surface area contributed by atoms with Crippen molar-refractivity contribution in [3.05, 3.63) is 77.7 Å². The maximum atomic E-state index is 13.4. The van der Waals surface area contributed by atoms with E-state index in [1.165, 1.54) is 6.33 Å². The molecular weight excluding hydrogens is 416 g/mol. The van der Waals surface area contributed by atoms with E-state index in [0.29, 0.717) is 27.8 Å². The third kappa shape index (κ3) is 4.41. The maximum absolute atomic E-state index is 13.4. The fourth-order valence-electron chi connectivity index (χ4n) is 3.80. The van der Waals surface area contributed by atoms with Gasteiger partial charge in [-0.1, -0.05) is 37.3 Å². The Labute approximate surface area is 191 Å². The number of aryl methyl sites for hydroxylation is 1. The number of urea groups is 1. The van der Waals surface area contributed by atoms with Crippen molar-refractivity contribution in [1.29, 1.82) is 0 Å². The van der Waals surface area contributed by atoms with Crippen LogP contribution in [-0.2, 0) is 6.42 Å². The minimum Gasteiger partial charge on any atom is -0.383 e. The van der Waals surface area contributed by atoms with Gasteiger partial charge in [-0.2, -0.15) is 0 Å². The van der Waals surface area contributed by atoms with Crippen molar-refractivity contribution < 1.29 is 9.59 Å². The SMILES string of the molecule is CCc1ccccc1NC(=O)Nc1cccc(C(=O)c2cn(C(C)C)c3ncnc(N)c23)c1. The van der Waals surface area contributed by atoms with Crippen molar-refractivity contribution in [3.63, 3.8) is 0 Å². The summed E-state index contributed by atoms with van der Waals surface area (Å²) in [5, 5.41) is 6.20. The summed E-state index contributed by atoms with van der Waals surface area (Å²) in [5.74, 6) is 0.0345. The number of nitrogens with two attached hydrogens (primary N) is 1. The molecule has 4 aromatic rings. The molecule has 2 aromatic carbocycles.